The molecule has 12 heavy (non-hydrogen) atoms. The molecule has 0 fully saturated rings. The maximum Gasteiger partial charge on any atom is 0.114 e. The minimum atomic E-state index is -0.387. The molecule has 70 valence electrons. The van der Waals surface area contributed by atoms with Gasteiger partial charge < -0.3 is 5.11 Å². The normalized spacial score (nSPS) is 11.9. The van der Waals surface area contributed by atoms with Gasteiger partial charge in [-0.2, -0.15) is 0 Å². The molecule has 0 saturated heterocycles. The van der Waals surface area contributed by atoms with Gasteiger partial charge in [0.2, 0.25) is 0 Å². The van der Waals surface area contributed by atoms with Crippen molar-refractivity contribution in [3.05, 3.63) is 0 Å². The Labute approximate surface area is 76.2 Å². The van der Waals surface area contributed by atoms with Crippen LogP contribution in [-0.2, 0) is 0 Å². The van der Waals surface area contributed by atoms with Crippen LogP contribution in [0.4, 0.5) is 0 Å². The second-order valence-electron chi connectivity index (χ2n) is 3.08. The summed E-state index contributed by atoms with van der Waals surface area (Å²) in [6.07, 6.45) is 5.90. The fourth-order valence-corrected chi connectivity index (χ4v) is 0.925. The topological polar surface area (TPSA) is 20.2 Å². The molecule has 1 N–H and O–H groups in total. The number of unbranched alkanes of at least 4 members (excludes halogenated alkanes) is 3. The van der Waals surface area contributed by atoms with E-state index in [1.807, 2.05) is 0 Å². The van der Waals surface area contributed by atoms with Crippen molar-refractivity contribution in [2.45, 2.75) is 58.5 Å². The molecule has 0 aliphatic carbocycles. The molecular weight excluding hydrogens is 148 g/mol. The van der Waals surface area contributed by atoms with Crippen LogP contribution in [0.15, 0.2) is 0 Å². The summed E-state index contributed by atoms with van der Waals surface area (Å²) in [5, 5.41) is 9.31. The Balaban J connectivity index is 3.36. The van der Waals surface area contributed by atoms with E-state index >= 15 is 0 Å². The lowest BCUT2D eigenvalue weighted by Gasteiger charge is -1.99. The van der Waals surface area contributed by atoms with Crippen molar-refractivity contribution >= 4 is 0 Å². The predicted octanol–water partition coefficient (Wildman–Crippen LogP) is 2.73. The predicted molar refractivity (Wildman–Crippen MR) is 52.8 cm³/mol. The van der Waals surface area contributed by atoms with Crippen molar-refractivity contribution in [1.29, 1.82) is 0 Å². The highest BCUT2D eigenvalue weighted by atomic mass is 16.3. The van der Waals surface area contributed by atoms with E-state index in [1.165, 1.54) is 6.42 Å². The van der Waals surface area contributed by atoms with Crippen LogP contribution in [0, 0.1) is 11.8 Å². The molecule has 0 aliphatic heterocycles. The summed E-state index contributed by atoms with van der Waals surface area (Å²) in [5.74, 6) is 5.85. The summed E-state index contributed by atoms with van der Waals surface area (Å²) in [7, 11) is 0. The first-order valence-corrected chi connectivity index (χ1v) is 4.97. The lowest BCUT2D eigenvalue weighted by atomic mass is 10.1. The molecule has 0 heterocycles. The molecule has 1 nitrogen and oxygen atoms in total. The van der Waals surface area contributed by atoms with Gasteiger partial charge in [-0.05, 0) is 12.8 Å². The van der Waals surface area contributed by atoms with Gasteiger partial charge in [0.05, 0.1) is 0 Å². The molecule has 0 amide bonds. The van der Waals surface area contributed by atoms with Gasteiger partial charge in [0, 0.05) is 6.42 Å². The molecule has 0 radical (unpaired) electrons. The molecule has 0 aromatic rings. The first-order valence-electron chi connectivity index (χ1n) is 4.97. The lowest BCUT2D eigenvalue weighted by Crippen LogP contribution is -2.01. The third-order valence-electron chi connectivity index (χ3n) is 1.76. The van der Waals surface area contributed by atoms with E-state index < -0.39 is 0 Å². The highest BCUT2D eigenvalue weighted by Crippen LogP contribution is 1.99. The molecule has 0 saturated carbocycles. The monoisotopic (exact) mass is 168 g/mol. The maximum absolute atomic E-state index is 9.31. The van der Waals surface area contributed by atoms with Crippen LogP contribution in [0.5, 0.6) is 0 Å². The molecular formula is C11H20O. The van der Waals surface area contributed by atoms with Crippen molar-refractivity contribution in [3.8, 4) is 11.8 Å². The second-order valence-corrected chi connectivity index (χ2v) is 3.08. The van der Waals surface area contributed by atoms with E-state index in [1.54, 1.807) is 0 Å². The van der Waals surface area contributed by atoms with Gasteiger partial charge in [0.15, 0.2) is 0 Å². The Bertz CT molecular complexity index is 141. The van der Waals surface area contributed by atoms with Crippen LogP contribution in [0.2, 0.25) is 0 Å². The van der Waals surface area contributed by atoms with Gasteiger partial charge in [0.25, 0.3) is 0 Å². The van der Waals surface area contributed by atoms with Crippen LogP contribution in [0.25, 0.3) is 0 Å². The standard InChI is InChI=1S/C11H20O/c1-3-5-7-8-10-11(12)9-6-4-2/h11-12H,3-7,9H2,1-2H3. The fourth-order valence-electron chi connectivity index (χ4n) is 0.925. The van der Waals surface area contributed by atoms with E-state index in [9.17, 15) is 5.11 Å². The molecule has 1 unspecified atom stereocenters. The first-order chi connectivity index (χ1) is 5.81. The average Bonchev–Trinajstić information content (AvgIpc) is 2.09. The minimum absolute atomic E-state index is 0.387. The smallest absolute Gasteiger partial charge is 0.114 e. The molecule has 0 aromatic heterocycles. The number of aliphatic hydroxyl groups excluding tert-OH is 1. The van der Waals surface area contributed by atoms with Crippen molar-refractivity contribution in [1.82, 2.24) is 0 Å². The Hall–Kier alpha value is -0.480. The summed E-state index contributed by atoms with van der Waals surface area (Å²) < 4.78 is 0. The van der Waals surface area contributed by atoms with Gasteiger partial charge >= 0.3 is 0 Å². The molecule has 0 aromatic carbocycles. The van der Waals surface area contributed by atoms with E-state index in [4.69, 9.17) is 0 Å². The van der Waals surface area contributed by atoms with E-state index in [2.05, 4.69) is 25.7 Å². The third kappa shape index (κ3) is 7.63. The largest absolute Gasteiger partial charge is 0.380 e. The van der Waals surface area contributed by atoms with E-state index in [-0.39, 0.29) is 6.10 Å². The van der Waals surface area contributed by atoms with Crippen molar-refractivity contribution in [3.63, 3.8) is 0 Å². The van der Waals surface area contributed by atoms with Crippen LogP contribution < -0.4 is 0 Å². The number of aliphatic hydroxyl groups is 1. The quantitative estimate of drug-likeness (QED) is 0.494. The molecule has 0 spiro atoms. The summed E-state index contributed by atoms with van der Waals surface area (Å²) in [6, 6.07) is 0. The lowest BCUT2D eigenvalue weighted by molar-refractivity contribution is 0.218. The molecule has 1 atom stereocenters. The molecule has 0 aliphatic rings. The summed E-state index contributed by atoms with van der Waals surface area (Å²) in [4.78, 5) is 0. The van der Waals surface area contributed by atoms with Gasteiger partial charge in [-0.1, -0.05) is 39.0 Å². The Kier molecular flexibility index (Phi) is 8.27. The first kappa shape index (κ1) is 11.5. The second kappa shape index (κ2) is 8.62. The zero-order valence-corrected chi connectivity index (χ0v) is 8.27. The fraction of sp³-hybridized carbons (Fsp3) is 0.818. The highest BCUT2D eigenvalue weighted by Gasteiger charge is 1.95. The summed E-state index contributed by atoms with van der Waals surface area (Å²) in [5.41, 5.74) is 0. The SMILES string of the molecule is CCCCC#CC(O)CCCC. The highest BCUT2D eigenvalue weighted by molar-refractivity contribution is 5.04. The average molecular weight is 168 g/mol. The maximum atomic E-state index is 9.31. The number of rotatable bonds is 5. The summed E-state index contributed by atoms with van der Waals surface area (Å²) >= 11 is 0. The van der Waals surface area contributed by atoms with Crippen LogP contribution in [0.1, 0.15) is 52.4 Å². The Morgan fingerprint density at radius 2 is 1.83 bits per heavy atom. The molecule has 1 heteroatoms. The van der Waals surface area contributed by atoms with Crippen molar-refractivity contribution in [2.75, 3.05) is 0 Å². The minimum Gasteiger partial charge on any atom is -0.380 e. The van der Waals surface area contributed by atoms with Crippen molar-refractivity contribution < 1.29 is 5.11 Å². The van der Waals surface area contributed by atoms with Gasteiger partial charge in [0.1, 0.15) is 6.10 Å². The van der Waals surface area contributed by atoms with Crippen LogP contribution >= 0.6 is 0 Å². The zero-order valence-electron chi connectivity index (χ0n) is 8.27. The molecule has 0 bridgehead atoms. The van der Waals surface area contributed by atoms with E-state index in [0.717, 1.165) is 32.1 Å². The number of hydrogen-bond donors (Lipinski definition) is 1. The van der Waals surface area contributed by atoms with Gasteiger partial charge in [-0.15, -0.1) is 5.92 Å². The van der Waals surface area contributed by atoms with E-state index in [0.29, 0.717) is 0 Å². The van der Waals surface area contributed by atoms with Crippen LogP contribution in [-0.4, -0.2) is 11.2 Å². The zero-order chi connectivity index (χ0) is 9.23. The summed E-state index contributed by atoms with van der Waals surface area (Å²) in [6.45, 7) is 4.27. The van der Waals surface area contributed by atoms with Gasteiger partial charge in [-0.3, -0.25) is 0 Å². The Morgan fingerprint density at radius 3 is 2.42 bits per heavy atom. The third-order valence-corrected chi connectivity index (χ3v) is 1.76. The molecule has 0 rings (SSSR count). The van der Waals surface area contributed by atoms with Crippen LogP contribution in [0.3, 0.4) is 0 Å². The van der Waals surface area contributed by atoms with Gasteiger partial charge in [-0.25, -0.2) is 0 Å². The number of hydrogen-bond acceptors (Lipinski definition) is 1. The Morgan fingerprint density at radius 1 is 1.17 bits per heavy atom. The van der Waals surface area contributed by atoms with Crippen molar-refractivity contribution in [2.24, 2.45) is 0 Å².